The third-order valence-electron chi connectivity index (χ3n) is 2.16. The highest BCUT2D eigenvalue weighted by Crippen LogP contribution is 2.14. The minimum absolute atomic E-state index is 0.117. The topological polar surface area (TPSA) is 74.3 Å². The van der Waals surface area contributed by atoms with E-state index >= 15 is 0 Å². The minimum Gasteiger partial charge on any atom is -0.463 e. The second-order valence-electron chi connectivity index (χ2n) is 3.94. The summed E-state index contributed by atoms with van der Waals surface area (Å²) in [5.74, 6) is -0.749. The second-order valence-corrected chi connectivity index (χ2v) is 3.94. The first-order valence-corrected chi connectivity index (χ1v) is 6.47. The van der Waals surface area contributed by atoms with Crippen LogP contribution in [-0.4, -0.2) is 38.4 Å². The number of nitrogens with zero attached hydrogens (tertiary/aromatic N) is 1. The number of carbonyl (C=O) groups is 2. The lowest BCUT2D eigenvalue weighted by atomic mass is 10.3. The van der Waals surface area contributed by atoms with Crippen molar-refractivity contribution in [2.45, 2.75) is 13.8 Å². The van der Waals surface area contributed by atoms with Gasteiger partial charge in [-0.05, 0) is 12.1 Å². The first-order valence-electron chi connectivity index (χ1n) is 6.47. The van der Waals surface area contributed by atoms with Crippen LogP contribution in [0.15, 0.2) is 30.3 Å². The van der Waals surface area contributed by atoms with E-state index in [4.69, 9.17) is 19.1 Å². The lowest BCUT2D eigenvalue weighted by Crippen LogP contribution is -2.28. The molecular weight excluding hydrogens is 278 g/mol. The van der Waals surface area contributed by atoms with E-state index in [1.807, 2.05) is 18.2 Å². The fraction of sp³-hybridized carbons (Fsp3) is 0.429. The molecule has 0 amide bonds. The number of anilines is 1. The van der Waals surface area contributed by atoms with Gasteiger partial charge in [-0.15, -0.1) is 5.23 Å². The second kappa shape index (κ2) is 9.73. The number of hydrogen-bond acceptors (Lipinski definition) is 7. The first-order chi connectivity index (χ1) is 10.1. The number of carbonyl (C=O) groups excluding carboxylic acids is 2. The summed E-state index contributed by atoms with van der Waals surface area (Å²) in [6.07, 6.45) is 0. The monoisotopic (exact) mass is 297 g/mol. The Morgan fingerprint density at radius 1 is 0.857 bits per heavy atom. The van der Waals surface area contributed by atoms with Gasteiger partial charge in [0.1, 0.15) is 26.4 Å². The molecule has 7 heteroatoms. The lowest BCUT2D eigenvalue weighted by Gasteiger charge is -2.22. The number of ether oxygens (including phenoxy) is 2. The zero-order valence-electron chi connectivity index (χ0n) is 12.1. The van der Waals surface area contributed by atoms with Crippen LogP contribution in [0.25, 0.3) is 0 Å². The summed E-state index contributed by atoms with van der Waals surface area (Å²) >= 11 is 0. The van der Waals surface area contributed by atoms with Crippen LogP contribution in [0.3, 0.4) is 0 Å². The molecule has 0 unspecified atom stereocenters. The van der Waals surface area contributed by atoms with E-state index in [0.717, 1.165) is 0 Å². The van der Waals surface area contributed by atoms with Gasteiger partial charge >= 0.3 is 11.9 Å². The largest absolute Gasteiger partial charge is 0.463 e. The van der Waals surface area contributed by atoms with Crippen molar-refractivity contribution in [1.82, 2.24) is 0 Å². The van der Waals surface area contributed by atoms with Crippen LogP contribution in [0, 0.1) is 0 Å². The zero-order chi connectivity index (χ0) is 15.5. The molecule has 7 nitrogen and oxygen atoms in total. The highest BCUT2D eigenvalue weighted by Gasteiger charge is 2.08. The number of hydrogen-bond donors (Lipinski definition) is 0. The number of esters is 2. The number of benzene rings is 1. The van der Waals surface area contributed by atoms with Gasteiger partial charge in [0.25, 0.3) is 0 Å². The highest BCUT2D eigenvalue weighted by molar-refractivity contribution is 5.66. The quantitative estimate of drug-likeness (QED) is 0.388. The maximum atomic E-state index is 10.7. The van der Waals surface area contributed by atoms with Crippen LogP contribution >= 0.6 is 0 Å². The summed E-state index contributed by atoms with van der Waals surface area (Å²) in [6.45, 7) is 3.16. The van der Waals surface area contributed by atoms with Crippen molar-refractivity contribution < 1.29 is 28.7 Å². The van der Waals surface area contributed by atoms with Crippen molar-refractivity contribution >= 4 is 17.6 Å². The van der Waals surface area contributed by atoms with E-state index in [0.29, 0.717) is 5.69 Å². The Kier molecular flexibility index (Phi) is 7.85. The molecule has 0 spiro atoms. The first kappa shape index (κ1) is 16.9. The average molecular weight is 297 g/mol. The molecule has 1 rings (SSSR count). The van der Waals surface area contributed by atoms with Gasteiger partial charge in [-0.25, -0.2) is 9.68 Å². The summed E-state index contributed by atoms with van der Waals surface area (Å²) in [4.78, 5) is 32.1. The Morgan fingerprint density at radius 3 is 1.76 bits per heavy atom. The number of para-hydroxylation sites is 1. The summed E-state index contributed by atoms with van der Waals surface area (Å²) < 4.78 is 9.54. The van der Waals surface area contributed by atoms with Gasteiger partial charge < -0.3 is 9.47 Å². The molecule has 0 saturated heterocycles. The fourth-order valence-electron chi connectivity index (χ4n) is 1.35. The average Bonchev–Trinajstić information content (AvgIpc) is 2.46. The van der Waals surface area contributed by atoms with E-state index in [1.54, 1.807) is 12.1 Å². The lowest BCUT2D eigenvalue weighted by molar-refractivity contribution is -0.150. The molecule has 0 aliphatic rings. The molecule has 0 atom stereocenters. The molecule has 0 aliphatic carbocycles. The van der Waals surface area contributed by atoms with Crippen LogP contribution in [0.4, 0.5) is 5.69 Å². The van der Waals surface area contributed by atoms with Crippen LogP contribution in [0.1, 0.15) is 13.8 Å². The van der Waals surface area contributed by atoms with E-state index in [-0.39, 0.29) is 38.4 Å². The summed E-state index contributed by atoms with van der Waals surface area (Å²) in [6, 6.07) is 9.09. The van der Waals surface area contributed by atoms with Crippen LogP contribution < -0.4 is 5.23 Å². The molecule has 0 bridgehead atoms. The number of rotatable bonds is 9. The predicted molar refractivity (Wildman–Crippen MR) is 74.1 cm³/mol. The molecule has 0 fully saturated rings. The Hall–Kier alpha value is -2.12. The van der Waals surface area contributed by atoms with Gasteiger partial charge in [0.05, 0.1) is 5.69 Å². The minimum atomic E-state index is -0.374. The van der Waals surface area contributed by atoms with Gasteiger partial charge in [0.15, 0.2) is 0 Å². The summed E-state index contributed by atoms with van der Waals surface area (Å²) in [7, 11) is 0. The zero-order valence-corrected chi connectivity index (χ0v) is 12.1. The van der Waals surface area contributed by atoms with Crippen molar-refractivity contribution in [3.63, 3.8) is 0 Å². The van der Waals surface area contributed by atoms with E-state index < -0.39 is 0 Å². The van der Waals surface area contributed by atoms with E-state index in [2.05, 4.69) is 0 Å². The van der Waals surface area contributed by atoms with Crippen molar-refractivity contribution in [1.29, 1.82) is 0 Å². The van der Waals surface area contributed by atoms with Crippen LogP contribution in [0.2, 0.25) is 0 Å². The maximum Gasteiger partial charge on any atom is 0.302 e. The predicted octanol–water partition coefficient (Wildman–Crippen LogP) is 1.48. The Balaban J connectivity index is 2.42. The van der Waals surface area contributed by atoms with Crippen LogP contribution in [0.5, 0.6) is 0 Å². The third kappa shape index (κ3) is 7.91. The van der Waals surface area contributed by atoms with E-state index in [1.165, 1.54) is 19.1 Å². The molecule has 116 valence electrons. The Morgan fingerprint density at radius 2 is 1.33 bits per heavy atom. The van der Waals surface area contributed by atoms with Crippen molar-refractivity contribution in [2.24, 2.45) is 0 Å². The molecule has 1 aromatic carbocycles. The molecule has 0 N–H and O–H groups in total. The highest BCUT2D eigenvalue weighted by atomic mass is 17.0. The van der Waals surface area contributed by atoms with E-state index in [9.17, 15) is 9.59 Å². The smallest absolute Gasteiger partial charge is 0.302 e. The third-order valence-corrected chi connectivity index (χ3v) is 2.16. The molecule has 0 aromatic heterocycles. The Bertz CT molecular complexity index is 414. The standard InChI is InChI=1S/C14H19NO6/c1-12(16)18-8-10-20-15(14-6-4-3-5-7-14)21-11-9-19-13(2)17/h3-7H,8-11H2,1-2H3. The molecule has 0 saturated carbocycles. The molecule has 1 aromatic rings. The van der Waals surface area contributed by atoms with Crippen LogP contribution in [-0.2, 0) is 28.7 Å². The Labute approximate surface area is 123 Å². The van der Waals surface area contributed by atoms with Gasteiger partial charge in [-0.3, -0.25) is 9.59 Å². The van der Waals surface area contributed by atoms with Crippen molar-refractivity contribution in [3.05, 3.63) is 30.3 Å². The molecule has 0 aliphatic heterocycles. The molecule has 21 heavy (non-hydrogen) atoms. The van der Waals surface area contributed by atoms with Gasteiger partial charge in [0, 0.05) is 13.8 Å². The van der Waals surface area contributed by atoms with Gasteiger partial charge in [-0.2, -0.15) is 0 Å². The molecule has 0 heterocycles. The van der Waals surface area contributed by atoms with Gasteiger partial charge in [0.2, 0.25) is 0 Å². The summed E-state index contributed by atoms with van der Waals surface area (Å²) in [5, 5.41) is 1.20. The van der Waals surface area contributed by atoms with Gasteiger partial charge in [-0.1, -0.05) is 18.2 Å². The SMILES string of the molecule is CC(=O)OCCON(OCCOC(C)=O)c1ccccc1. The fourth-order valence-corrected chi connectivity index (χ4v) is 1.35. The van der Waals surface area contributed by atoms with Crippen molar-refractivity contribution in [2.75, 3.05) is 31.7 Å². The molecular formula is C14H19NO6. The normalized spacial score (nSPS) is 10.0. The maximum absolute atomic E-state index is 10.7. The summed E-state index contributed by atoms with van der Waals surface area (Å²) in [5.41, 5.74) is 0.670. The molecule has 0 radical (unpaired) electrons. The van der Waals surface area contributed by atoms with Crippen molar-refractivity contribution in [3.8, 4) is 0 Å².